The molecule has 2 rings (SSSR count). The van der Waals surface area contributed by atoms with E-state index in [4.69, 9.17) is 0 Å². The Kier molecular flexibility index (Phi) is 6.18. The molecule has 0 aliphatic rings. The molecule has 0 radical (unpaired) electrons. The molecular formula is C18H24N2O4S. The van der Waals surface area contributed by atoms with E-state index in [2.05, 4.69) is 4.72 Å². The molecule has 0 saturated carbocycles. The van der Waals surface area contributed by atoms with Crippen LogP contribution in [0.3, 0.4) is 0 Å². The molecule has 2 atom stereocenters. The van der Waals surface area contributed by atoms with Crippen molar-refractivity contribution in [1.82, 2.24) is 4.90 Å². The van der Waals surface area contributed by atoms with Gasteiger partial charge in [0.05, 0.1) is 23.6 Å². The van der Waals surface area contributed by atoms with Gasteiger partial charge in [0.25, 0.3) is 10.0 Å². The lowest BCUT2D eigenvalue weighted by Crippen LogP contribution is -2.37. The van der Waals surface area contributed by atoms with Crippen molar-refractivity contribution in [2.75, 3.05) is 25.4 Å². The average Bonchev–Trinajstić information content (AvgIpc) is 2.55. The van der Waals surface area contributed by atoms with E-state index in [9.17, 15) is 18.6 Å². The maximum atomic E-state index is 12.4. The summed E-state index contributed by atoms with van der Waals surface area (Å²) in [5.41, 5.74) is 1.99. The van der Waals surface area contributed by atoms with Gasteiger partial charge in [-0.3, -0.25) is 4.72 Å². The number of hydrogen-bond donors (Lipinski definition) is 3. The Bertz CT molecular complexity index is 787. The molecule has 0 spiro atoms. The standard InChI is InChI=1S/C18H24N2O4S/c1-13-4-10-16(11-5-13)25(23,24)19-15-8-6-14(7-9-15)18(22)17(12-21)20(2)3/h4-11,17-19,21-22H,12H2,1-3H3. The predicted octanol–water partition coefficient (Wildman–Crippen LogP) is 1.75. The van der Waals surface area contributed by atoms with E-state index in [0.717, 1.165) is 5.56 Å². The number of benzene rings is 2. The fraction of sp³-hybridized carbons (Fsp3) is 0.333. The van der Waals surface area contributed by atoms with Crippen molar-refractivity contribution in [3.8, 4) is 0 Å². The van der Waals surface area contributed by atoms with Gasteiger partial charge in [-0.1, -0.05) is 29.8 Å². The molecule has 6 nitrogen and oxygen atoms in total. The molecule has 0 heterocycles. The van der Waals surface area contributed by atoms with Crippen LogP contribution in [-0.4, -0.2) is 50.3 Å². The number of aryl methyl sites for hydroxylation is 1. The second-order valence-electron chi connectivity index (χ2n) is 6.20. The molecule has 0 saturated heterocycles. The zero-order valence-electron chi connectivity index (χ0n) is 14.5. The summed E-state index contributed by atoms with van der Waals surface area (Å²) in [5, 5.41) is 19.7. The lowest BCUT2D eigenvalue weighted by atomic mass is 10.0. The van der Waals surface area contributed by atoms with Gasteiger partial charge in [0.15, 0.2) is 0 Å². The molecule has 0 fully saturated rings. The van der Waals surface area contributed by atoms with E-state index < -0.39 is 22.2 Å². The molecule has 0 amide bonds. The van der Waals surface area contributed by atoms with Gasteiger partial charge in [-0.2, -0.15) is 0 Å². The molecule has 2 unspecified atom stereocenters. The normalized spacial score (nSPS) is 14.3. The largest absolute Gasteiger partial charge is 0.395 e. The first-order valence-corrected chi connectivity index (χ1v) is 9.37. The van der Waals surface area contributed by atoms with Crippen LogP contribution in [0.25, 0.3) is 0 Å². The van der Waals surface area contributed by atoms with Crippen LogP contribution in [0, 0.1) is 6.92 Å². The number of nitrogens with zero attached hydrogens (tertiary/aromatic N) is 1. The predicted molar refractivity (Wildman–Crippen MR) is 98.0 cm³/mol. The van der Waals surface area contributed by atoms with E-state index in [1.807, 2.05) is 6.92 Å². The van der Waals surface area contributed by atoms with Crippen molar-refractivity contribution in [2.24, 2.45) is 0 Å². The number of aliphatic hydroxyl groups is 2. The molecule has 0 bridgehead atoms. The van der Waals surface area contributed by atoms with Gasteiger partial charge in [-0.15, -0.1) is 0 Å². The summed E-state index contributed by atoms with van der Waals surface area (Å²) in [6.45, 7) is 1.71. The van der Waals surface area contributed by atoms with E-state index in [0.29, 0.717) is 11.3 Å². The minimum Gasteiger partial charge on any atom is -0.395 e. The molecule has 2 aromatic carbocycles. The number of anilines is 1. The van der Waals surface area contributed by atoms with E-state index in [1.165, 1.54) is 0 Å². The fourth-order valence-corrected chi connectivity index (χ4v) is 3.51. The van der Waals surface area contributed by atoms with Crippen molar-refractivity contribution in [2.45, 2.75) is 24.0 Å². The minimum atomic E-state index is -3.66. The monoisotopic (exact) mass is 364 g/mol. The van der Waals surface area contributed by atoms with Crippen LogP contribution in [0.4, 0.5) is 5.69 Å². The third-order valence-electron chi connectivity index (χ3n) is 4.05. The Balaban J connectivity index is 2.16. The fourth-order valence-electron chi connectivity index (χ4n) is 2.45. The summed E-state index contributed by atoms with van der Waals surface area (Å²) >= 11 is 0. The molecule has 7 heteroatoms. The molecule has 0 aliphatic heterocycles. The van der Waals surface area contributed by atoms with Crippen LogP contribution in [0.15, 0.2) is 53.4 Å². The molecule has 0 aromatic heterocycles. The topological polar surface area (TPSA) is 89.9 Å². The van der Waals surface area contributed by atoms with Crippen LogP contribution in [0.5, 0.6) is 0 Å². The third-order valence-corrected chi connectivity index (χ3v) is 5.45. The highest BCUT2D eigenvalue weighted by atomic mass is 32.2. The van der Waals surface area contributed by atoms with Gasteiger partial charge in [-0.05, 0) is 50.8 Å². The minimum absolute atomic E-state index is 0.185. The van der Waals surface area contributed by atoms with Gasteiger partial charge in [0.1, 0.15) is 0 Å². The van der Waals surface area contributed by atoms with Crippen LogP contribution >= 0.6 is 0 Å². The van der Waals surface area contributed by atoms with Crippen LogP contribution < -0.4 is 4.72 Å². The number of nitrogens with one attached hydrogen (secondary N) is 1. The van der Waals surface area contributed by atoms with Crippen molar-refractivity contribution in [1.29, 1.82) is 0 Å². The molecule has 2 aromatic rings. The van der Waals surface area contributed by atoms with Crippen LogP contribution in [0.1, 0.15) is 17.2 Å². The molecule has 3 N–H and O–H groups in total. The summed E-state index contributed by atoms with van der Waals surface area (Å²) in [6.07, 6.45) is -0.872. The summed E-state index contributed by atoms with van der Waals surface area (Å²) in [5.74, 6) is 0. The lowest BCUT2D eigenvalue weighted by Gasteiger charge is -2.27. The Hall–Kier alpha value is -1.93. The quantitative estimate of drug-likeness (QED) is 0.696. The highest BCUT2D eigenvalue weighted by Gasteiger charge is 2.22. The SMILES string of the molecule is Cc1ccc(S(=O)(=O)Nc2ccc(C(O)C(CO)N(C)C)cc2)cc1. The zero-order valence-corrected chi connectivity index (χ0v) is 15.4. The first-order chi connectivity index (χ1) is 11.7. The van der Waals surface area contributed by atoms with Crippen LogP contribution in [-0.2, 0) is 10.0 Å². The van der Waals surface area contributed by atoms with Gasteiger partial charge in [0, 0.05) is 5.69 Å². The van der Waals surface area contributed by atoms with Crippen molar-refractivity contribution < 1.29 is 18.6 Å². The number of sulfonamides is 1. The Morgan fingerprint density at radius 1 is 1.04 bits per heavy atom. The van der Waals surface area contributed by atoms with Gasteiger partial charge < -0.3 is 15.1 Å². The first kappa shape index (κ1) is 19.4. The van der Waals surface area contributed by atoms with E-state index >= 15 is 0 Å². The molecule has 25 heavy (non-hydrogen) atoms. The van der Waals surface area contributed by atoms with Crippen molar-refractivity contribution >= 4 is 15.7 Å². The van der Waals surface area contributed by atoms with Gasteiger partial charge >= 0.3 is 0 Å². The number of rotatable bonds is 7. The van der Waals surface area contributed by atoms with Crippen LogP contribution in [0.2, 0.25) is 0 Å². The second kappa shape index (κ2) is 7.97. The highest BCUT2D eigenvalue weighted by molar-refractivity contribution is 7.92. The summed E-state index contributed by atoms with van der Waals surface area (Å²) in [7, 11) is -0.114. The molecule has 0 aliphatic carbocycles. The van der Waals surface area contributed by atoms with Gasteiger partial charge in [-0.25, -0.2) is 8.42 Å². The average molecular weight is 364 g/mol. The second-order valence-corrected chi connectivity index (χ2v) is 7.88. The van der Waals surface area contributed by atoms with Crippen molar-refractivity contribution in [3.05, 3.63) is 59.7 Å². The maximum absolute atomic E-state index is 12.4. The molecular weight excluding hydrogens is 340 g/mol. The Labute approximate surface area is 148 Å². The maximum Gasteiger partial charge on any atom is 0.261 e. The summed E-state index contributed by atoms with van der Waals surface area (Å²) in [6, 6.07) is 12.6. The Morgan fingerprint density at radius 2 is 1.60 bits per heavy atom. The van der Waals surface area contributed by atoms with Crippen molar-refractivity contribution in [3.63, 3.8) is 0 Å². The summed E-state index contributed by atoms with van der Waals surface area (Å²) in [4.78, 5) is 1.92. The molecule has 136 valence electrons. The van der Waals surface area contributed by atoms with E-state index in [-0.39, 0.29) is 11.5 Å². The first-order valence-electron chi connectivity index (χ1n) is 7.89. The lowest BCUT2D eigenvalue weighted by molar-refractivity contribution is 0.0390. The number of aliphatic hydroxyl groups excluding tert-OH is 2. The smallest absolute Gasteiger partial charge is 0.261 e. The Morgan fingerprint density at radius 3 is 2.08 bits per heavy atom. The highest BCUT2D eigenvalue weighted by Crippen LogP contribution is 2.23. The third kappa shape index (κ3) is 4.79. The number of hydrogen-bond acceptors (Lipinski definition) is 5. The van der Waals surface area contributed by atoms with E-state index in [1.54, 1.807) is 67.5 Å². The van der Waals surface area contributed by atoms with Gasteiger partial charge in [0.2, 0.25) is 0 Å². The number of likely N-dealkylation sites (N-methyl/N-ethyl adjacent to an activating group) is 1. The summed E-state index contributed by atoms with van der Waals surface area (Å²) < 4.78 is 27.3. The zero-order chi connectivity index (χ0) is 18.6.